The topological polar surface area (TPSA) is 126 Å². The summed E-state index contributed by atoms with van der Waals surface area (Å²) in [6.45, 7) is 9.18. The molecule has 0 radical (unpaired) electrons. The van der Waals surface area contributed by atoms with Crippen molar-refractivity contribution in [3.05, 3.63) is 30.1 Å². The standard InChI is InChI=1S/C22H37N3O4/c1-6-15(5)20(21(27)19(23)17-10-8-9-13-24-17)25-18(26)12-11-16(7-2)22(28,29)14(3)4/h8-10,13-16,19-20,28-29H,6-7,11-12,23H2,1-5H3,(H,25,26)/t15?,16?,19?,20-/m0/s1. The molecular formula is C22H37N3O4. The zero-order valence-electron chi connectivity index (χ0n) is 18.3. The summed E-state index contributed by atoms with van der Waals surface area (Å²) in [5.74, 6) is -3.27. The second kappa shape index (κ2) is 11.4. The lowest BCUT2D eigenvalue weighted by Gasteiger charge is -2.34. The van der Waals surface area contributed by atoms with E-state index in [-0.39, 0.29) is 29.9 Å². The lowest BCUT2D eigenvalue weighted by molar-refractivity contribution is -0.231. The molecule has 7 nitrogen and oxygen atoms in total. The van der Waals surface area contributed by atoms with Gasteiger partial charge in [-0.3, -0.25) is 14.6 Å². The van der Waals surface area contributed by atoms with Crippen molar-refractivity contribution in [3.8, 4) is 0 Å². The molecule has 0 fully saturated rings. The third-order valence-corrected chi connectivity index (χ3v) is 5.81. The van der Waals surface area contributed by atoms with Gasteiger partial charge in [0, 0.05) is 24.5 Å². The van der Waals surface area contributed by atoms with Crippen molar-refractivity contribution in [3.63, 3.8) is 0 Å². The molecule has 0 aliphatic rings. The number of rotatable bonds is 12. The second-order valence-electron chi connectivity index (χ2n) is 8.15. The predicted octanol–water partition coefficient (Wildman–Crippen LogP) is 2.32. The zero-order valence-corrected chi connectivity index (χ0v) is 18.3. The van der Waals surface area contributed by atoms with E-state index in [1.165, 1.54) is 0 Å². The molecule has 1 amide bonds. The van der Waals surface area contributed by atoms with Crippen LogP contribution in [-0.4, -0.2) is 38.7 Å². The maximum absolute atomic E-state index is 13.0. The molecule has 1 aromatic rings. The quantitative estimate of drug-likeness (QED) is 0.394. The van der Waals surface area contributed by atoms with Crippen molar-refractivity contribution in [1.82, 2.24) is 10.3 Å². The largest absolute Gasteiger partial charge is 0.365 e. The minimum absolute atomic E-state index is 0.0892. The van der Waals surface area contributed by atoms with Crippen LogP contribution in [0.1, 0.15) is 72.0 Å². The lowest BCUT2D eigenvalue weighted by atomic mass is 9.84. The number of hydrogen-bond acceptors (Lipinski definition) is 6. The Morgan fingerprint density at radius 3 is 2.31 bits per heavy atom. The number of amides is 1. The number of nitrogens with zero attached hydrogens (tertiary/aromatic N) is 1. The van der Waals surface area contributed by atoms with Crippen LogP contribution in [0.3, 0.4) is 0 Å². The fourth-order valence-electron chi connectivity index (χ4n) is 3.37. The van der Waals surface area contributed by atoms with E-state index < -0.39 is 23.8 Å². The highest BCUT2D eigenvalue weighted by Crippen LogP contribution is 2.29. The molecule has 3 unspecified atom stereocenters. The number of nitrogens with two attached hydrogens (primary N) is 1. The Bertz CT molecular complexity index is 649. The van der Waals surface area contributed by atoms with E-state index >= 15 is 0 Å². The second-order valence-corrected chi connectivity index (χ2v) is 8.15. The van der Waals surface area contributed by atoms with Crippen molar-refractivity contribution < 1.29 is 19.8 Å². The molecule has 7 heteroatoms. The fourth-order valence-corrected chi connectivity index (χ4v) is 3.37. The van der Waals surface area contributed by atoms with E-state index in [1.807, 2.05) is 20.8 Å². The van der Waals surface area contributed by atoms with E-state index in [2.05, 4.69) is 10.3 Å². The van der Waals surface area contributed by atoms with E-state index in [1.54, 1.807) is 38.2 Å². The van der Waals surface area contributed by atoms with Crippen LogP contribution in [0.4, 0.5) is 0 Å². The number of aromatic nitrogens is 1. The Labute approximate surface area is 174 Å². The Kier molecular flexibility index (Phi) is 9.89. The van der Waals surface area contributed by atoms with Crippen LogP contribution in [0.15, 0.2) is 24.4 Å². The van der Waals surface area contributed by atoms with E-state index in [0.29, 0.717) is 25.0 Å². The molecule has 0 aromatic carbocycles. The first-order valence-electron chi connectivity index (χ1n) is 10.5. The highest BCUT2D eigenvalue weighted by molar-refractivity contribution is 5.93. The molecule has 0 saturated carbocycles. The van der Waals surface area contributed by atoms with Crippen molar-refractivity contribution in [1.29, 1.82) is 0 Å². The van der Waals surface area contributed by atoms with E-state index in [4.69, 9.17) is 5.73 Å². The highest BCUT2D eigenvalue weighted by atomic mass is 16.5. The summed E-state index contributed by atoms with van der Waals surface area (Å²) in [4.78, 5) is 29.7. The van der Waals surface area contributed by atoms with Crippen molar-refractivity contribution in [2.75, 3.05) is 0 Å². The van der Waals surface area contributed by atoms with Gasteiger partial charge in [-0.2, -0.15) is 0 Å². The summed E-state index contributed by atoms with van der Waals surface area (Å²) in [7, 11) is 0. The van der Waals surface area contributed by atoms with Crippen LogP contribution in [0.5, 0.6) is 0 Å². The molecule has 0 spiro atoms. The molecule has 1 heterocycles. The number of nitrogens with one attached hydrogen (secondary N) is 1. The molecule has 5 N–H and O–H groups in total. The predicted molar refractivity (Wildman–Crippen MR) is 113 cm³/mol. The van der Waals surface area contributed by atoms with Crippen molar-refractivity contribution in [2.45, 2.75) is 78.2 Å². The highest BCUT2D eigenvalue weighted by Gasteiger charge is 2.37. The van der Waals surface area contributed by atoms with E-state index in [9.17, 15) is 19.8 Å². The van der Waals surface area contributed by atoms with Crippen LogP contribution in [-0.2, 0) is 9.59 Å². The summed E-state index contributed by atoms with van der Waals surface area (Å²) in [6.07, 6.45) is 3.24. The molecule has 0 saturated heterocycles. The fraction of sp³-hybridized carbons (Fsp3) is 0.682. The molecular weight excluding hydrogens is 370 g/mol. The summed E-state index contributed by atoms with van der Waals surface area (Å²) < 4.78 is 0. The van der Waals surface area contributed by atoms with Gasteiger partial charge < -0.3 is 21.3 Å². The normalized spacial score (nSPS) is 16.2. The van der Waals surface area contributed by atoms with Gasteiger partial charge in [-0.15, -0.1) is 0 Å². The number of ketones is 1. The minimum atomic E-state index is -1.83. The zero-order chi connectivity index (χ0) is 22.2. The summed E-state index contributed by atoms with van der Waals surface area (Å²) >= 11 is 0. The summed E-state index contributed by atoms with van der Waals surface area (Å²) in [5.41, 5.74) is 6.58. The SMILES string of the molecule is CCC(C)[C@H](NC(=O)CCC(CC)C(O)(O)C(C)C)C(=O)C(N)c1ccccn1. The van der Waals surface area contributed by atoms with Gasteiger partial charge in [0.05, 0.1) is 11.7 Å². The van der Waals surface area contributed by atoms with Crippen LogP contribution < -0.4 is 11.1 Å². The van der Waals surface area contributed by atoms with Crippen LogP contribution in [0, 0.1) is 17.8 Å². The number of Topliss-reactive ketones (excluding diaryl/α,β-unsaturated/α-hetero) is 1. The first-order valence-corrected chi connectivity index (χ1v) is 10.5. The smallest absolute Gasteiger partial charge is 0.220 e. The number of pyridine rings is 1. The van der Waals surface area contributed by atoms with Crippen molar-refractivity contribution in [2.24, 2.45) is 23.5 Å². The Hall–Kier alpha value is -1.83. The van der Waals surface area contributed by atoms with Gasteiger partial charge >= 0.3 is 0 Å². The molecule has 0 aliphatic carbocycles. The van der Waals surface area contributed by atoms with Gasteiger partial charge in [0.2, 0.25) is 5.91 Å². The lowest BCUT2D eigenvalue weighted by Crippen LogP contribution is -2.49. The third kappa shape index (κ3) is 6.87. The third-order valence-electron chi connectivity index (χ3n) is 5.81. The summed E-state index contributed by atoms with van der Waals surface area (Å²) in [6, 6.07) is 3.57. The van der Waals surface area contributed by atoms with Gasteiger partial charge in [0.25, 0.3) is 0 Å². The first kappa shape index (κ1) is 25.2. The molecule has 0 aliphatic heterocycles. The van der Waals surface area contributed by atoms with Crippen molar-refractivity contribution >= 4 is 11.7 Å². The number of hydrogen-bond donors (Lipinski definition) is 4. The van der Waals surface area contributed by atoms with Gasteiger partial charge in [0.1, 0.15) is 6.04 Å². The van der Waals surface area contributed by atoms with Gasteiger partial charge in [-0.25, -0.2) is 0 Å². The Morgan fingerprint density at radius 2 is 1.83 bits per heavy atom. The molecule has 1 aromatic heterocycles. The summed E-state index contributed by atoms with van der Waals surface area (Å²) in [5, 5.41) is 23.4. The average molecular weight is 408 g/mol. The molecule has 164 valence electrons. The number of carbonyl (C=O) groups excluding carboxylic acids is 2. The Balaban J connectivity index is 2.82. The van der Waals surface area contributed by atoms with E-state index in [0.717, 1.165) is 0 Å². The maximum Gasteiger partial charge on any atom is 0.220 e. The molecule has 1 rings (SSSR count). The molecule has 0 bridgehead atoms. The first-order chi connectivity index (χ1) is 13.6. The molecule has 29 heavy (non-hydrogen) atoms. The number of aliphatic hydroxyl groups is 2. The maximum atomic E-state index is 13.0. The van der Waals surface area contributed by atoms with Gasteiger partial charge in [-0.1, -0.05) is 47.1 Å². The average Bonchev–Trinajstić information content (AvgIpc) is 2.71. The Morgan fingerprint density at radius 1 is 1.17 bits per heavy atom. The van der Waals surface area contributed by atoms with Gasteiger partial charge in [-0.05, 0) is 30.9 Å². The van der Waals surface area contributed by atoms with Crippen LogP contribution in [0.2, 0.25) is 0 Å². The van der Waals surface area contributed by atoms with Crippen LogP contribution in [0.25, 0.3) is 0 Å². The molecule has 4 atom stereocenters. The minimum Gasteiger partial charge on any atom is -0.365 e. The number of carbonyl (C=O) groups is 2. The van der Waals surface area contributed by atoms with Gasteiger partial charge in [0.15, 0.2) is 11.6 Å². The monoisotopic (exact) mass is 407 g/mol. The van der Waals surface area contributed by atoms with Crippen LogP contribution >= 0.6 is 0 Å².